The quantitative estimate of drug-likeness (QED) is 0.637. The van der Waals surface area contributed by atoms with Gasteiger partial charge in [0.25, 0.3) is 5.69 Å². The molecule has 6 nitrogen and oxygen atoms in total. The van der Waals surface area contributed by atoms with Crippen molar-refractivity contribution in [3.05, 3.63) is 39.9 Å². The Morgan fingerprint density at radius 2 is 2.26 bits per heavy atom. The van der Waals surface area contributed by atoms with Gasteiger partial charge < -0.3 is 10.2 Å². The van der Waals surface area contributed by atoms with Gasteiger partial charge in [-0.25, -0.2) is 0 Å². The minimum absolute atomic E-state index is 0. The molecule has 0 spiro atoms. The fraction of sp³-hybridized carbons (Fsp3) is 0.562. The van der Waals surface area contributed by atoms with E-state index in [2.05, 4.69) is 5.32 Å². The van der Waals surface area contributed by atoms with Crippen molar-refractivity contribution < 1.29 is 9.72 Å². The maximum Gasteiger partial charge on any atom is 0.269 e. The van der Waals surface area contributed by atoms with Crippen LogP contribution < -0.4 is 5.32 Å². The summed E-state index contributed by atoms with van der Waals surface area (Å²) in [7, 11) is 1.93. The summed E-state index contributed by atoms with van der Waals surface area (Å²) in [5, 5.41) is 13.9. The number of hydrogen-bond donors (Lipinski definition) is 1. The second kappa shape index (κ2) is 9.47. The van der Waals surface area contributed by atoms with E-state index in [-0.39, 0.29) is 24.0 Å². The van der Waals surface area contributed by atoms with Crippen molar-refractivity contribution in [2.75, 3.05) is 26.7 Å². The standard InChI is InChI=1S/C16H23N3O3.ClH/c1-17-11-14-5-3-9-18(12-14)16(20)8-7-13-4-2-6-15(10-13)19(21)22;/h2,4,6,10,14,17H,3,5,7-9,11-12H2,1H3;1H. The molecule has 1 aromatic carbocycles. The first kappa shape index (κ1) is 19.4. The number of piperidine rings is 1. The van der Waals surface area contributed by atoms with E-state index in [0.29, 0.717) is 18.8 Å². The van der Waals surface area contributed by atoms with Crippen LogP contribution in [0.5, 0.6) is 0 Å². The topological polar surface area (TPSA) is 75.5 Å². The predicted octanol–water partition coefficient (Wildman–Crippen LogP) is 2.41. The van der Waals surface area contributed by atoms with Crippen molar-refractivity contribution in [3.63, 3.8) is 0 Å². The molecule has 1 amide bonds. The molecule has 1 saturated heterocycles. The monoisotopic (exact) mass is 341 g/mol. The number of nitro benzene ring substituents is 1. The van der Waals surface area contributed by atoms with Crippen molar-refractivity contribution >= 4 is 24.0 Å². The van der Waals surface area contributed by atoms with Gasteiger partial charge in [-0.1, -0.05) is 12.1 Å². The normalized spacial score (nSPS) is 17.4. The highest BCUT2D eigenvalue weighted by atomic mass is 35.5. The Morgan fingerprint density at radius 1 is 1.48 bits per heavy atom. The first-order valence-electron chi connectivity index (χ1n) is 7.76. The van der Waals surface area contributed by atoms with Crippen LogP contribution in [0.1, 0.15) is 24.8 Å². The lowest BCUT2D eigenvalue weighted by molar-refractivity contribution is -0.384. The van der Waals surface area contributed by atoms with E-state index in [9.17, 15) is 14.9 Å². The van der Waals surface area contributed by atoms with Crippen LogP contribution in [0.3, 0.4) is 0 Å². The molecule has 2 rings (SSSR count). The van der Waals surface area contributed by atoms with E-state index in [1.165, 1.54) is 6.07 Å². The Hall–Kier alpha value is -1.66. The summed E-state index contributed by atoms with van der Waals surface area (Å²) in [6, 6.07) is 6.52. The number of nitrogens with one attached hydrogen (secondary N) is 1. The Kier molecular flexibility index (Phi) is 7.98. The minimum Gasteiger partial charge on any atom is -0.342 e. The van der Waals surface area contributed by atoms with Gasteiger partial charge in [0.1, 0.15) is 0 Å². The number of nitro groups is 1. The largest absolute Gasteiger partial charge is 0.342 e. The Balaban J connectivity index is 0.00000264. The second-order valence-corrected chi connectivity index (χ2v) is 5.83. The summed E-state index contributed by atoms with van der Waals surface area (Å²) in [5.41, 5.74) is 0.920. The Bertz CT molecular complexity index is 537. The fourth-order valence-electron chi connectivity index (χ4n) is 2.98. The zero-order chi connectivity index (χ0) is 15.9. The number of non-ortho nitro benzene ring substituents is 1. The summed E-state index contributed by atoms with van der Waals surface area (Å²) in [6.45, 7) is 2.58. The maximum atomic E-state index is 12.3. The number of rotatable bonds is 6. The van der Waals surface area contributed by atoms with Gasteiger partial charge in [-0.15, -0.1) is 12.4 Å². The van der Waals surface area contributed by atoms with Crippen molar-refractivity contribution in [1.29, 1.82) is 0 Å². The number of carbonyl (C=O) groups excluding carboxylic acids is 1. The van der Waals surface area contributed by atoms with E-state index in [1.54, 1.807) is 12.1 Å². The molecule has 128 valence electrons. The number of likely N-dealkylation sites (tertiary alicyclic amines) is 1. The highest BCUT2D eigenvalue weighted by molar-refractivity contribution is 5.85. The van der Waals surface area contributed by atoms with Gasteiger partial charge in [-0.05, 0) is 44.3 Å². The Labute approximate surface area is 142 Å². The molecule has 1 fully saturated rings. The van der Waals surface area contributed by atoms with Gasteiger partial charge in [0.2, 0.25) is 5.91 Å². The summed E-state index contributed by atoms with van der Waals surface area (Å²) in [4.78, 5) is 24.6. The molecule has 1 unspecified atom stereocenters. The minimum atomic E-state index is -0.404. The number of aryl methyl sites for hydroxylation is 1. The molecule has 1 N–H and O–H groups in total. The summed E-state index contributed by atoms with van der Waals surface area (Å²) < 4.78 is 0. The van der Waals surface area contributed by atoms with Crippen LogP contribution in [0.2, 0.25) is 0 Å². The first-order chi connectivity index (χ1) is 10.6. The molecule has 1 aromatic rings. The van der Waals surface area contributed by atoms with Crippen LogP contribution >= 0.6 is 12.4 Å². The van der Waals surface area contributed by atoms with Crippen molar-refractivity contribution in [2.45, 2.75) is 25.7 Å². The second-order valence-electron chi connectivity index (χ2n) is 5.83. The van der Waals surface area contributed by atoms with Crippen LogP contribution in [0.4, 0.5) is 5.69 Å². The van der Waals surface area contributed by atoms with E-state index >= 15 is 0 Å². The number of amides is 1. The summed E-state index contributed by atoms with van der Waals surface area (Å²) in [5.74, 6) is 0.674. The zero-order valence-corrected chi connectivity index (χ0v) is 14.2. The van der Waals surface area contributed by atoms with Crippen LogP contribution in [0, 0.1) is 16.0 Å². The van der Waals surface area contributed by atoms with E-state index in [1.807, 2.05) is 18.0 Å². The van der Waals surface area contributed by atoms with Crippen LogP contribution in [-0.2, 0) is 11.2 Å². The SMILES string of the molecule is CNCC1CCCN(C(=O)CCc2cccc([N+](=O)[O-])c2)C1.Cl. The molecule has 1 aliphatic rings. The van der Waals surface area contributed by atoms with Crippen LogP contribution in [0.15, 0.2) is 24.3 Å². The van der Waals surface area contributed by atoms with E-state index in [4.69, 9.17) is 0 Å². The molecule has 1 atom stereocenters. The smallest absolute Gasteiger partial charge is 0.269 e. The lowest BCUT2D eigenvalue weighted by Gasteiger charge is -2.32. The number of hydrogen-bond acceptors (Lipinski definition) is 4. The van der Waals surface area contributed by atoms with Crippen molar-refractivity contribution in [3.8, 4) is 0 Å². The molecule has 0 bridgehead atoms. The van der Waals surface area contributed by atoms with Gasteiger partial charge in [-0.2, -0.15) is 0 Å². The third-order valence-corrected chi connectivity index (χ3v) is 4.11. The highest BCUT2D eigenvalue weighted by Crippen LogP contribution is 2.18. The third-order valence-electron chi connectivity index (χ3n) is 4.11. The lowest BCUT2D eigenvalue weighted by Crippen LogP contribution is -2.42. The number of nitrogens with zero attached hydrogens (tertiary/aromatic N) is 2. The summed E-state index contributed by atoms with van der Waals surface area (Å²) >= 11 is 0. The Morgan fingerprint density at radius 3 is 2.96 bits per heavy atom. The molecular weight excluding hydrogens is 318 g/mol. The molecule has 0 aliphatic carbocycles. The number of benzene rings is 1. The molecule has 0 aromatic heterocycles. The van der Waals surface area contributed by atoms with Gasteiger partial charge >= 0.3 is 0 Å². The van der Waals surface area contributed by atoms with Crippen LogP contribution in [-0.4, -0.2) is 42.4 Å². The average Bonchev–Trinajstić information content (AvgIpc) is 2.53. The number of carbonyl (C=O) groups is 1. The summed E-state index contributed by atoms with van der Waals surface area (Å²) in [6.07, 6.45) is 3.17. The van der Waals surface area contributed by atoms with E-state index in [0.717, 1.165) is 38.0 Å². The van der Waals surface area contributed by atoms with E-state index < -0.39 is 4.92 Å². The molecule has 23 heavy (non-hydrogen) atoms. The molecule has 0 radical (unpaired) electrons. The molecular formula is C16H24ClN3O3. The molecule has 1 aliphatic heterocycles. The molecule has 1 heterocycles. The predicted molar refractivity (Wildman–Crippen MR) is 91.9 cm³/mol. The number of halogens is 1. The first-order valence-corrected chi connectivity index (χ1v) is 7.76. The molecule has 0 saturated carbocycles. The van der Waals surface area contributed by atoms with Crippen molar-refractivity contribution in [1.82, 2.24) is 10.2 Å². The van der Waals surface area contributed by atoms with Gasteiger partial charge in [0.15, 0.2) is 0 Å². The van der Waals surface area contributed by atoms with Gasteiger partial charge in [0, 0.05) is 31.6 Å². The van der Waals surface area contributed by atoms with Crippen molar-refractivity contribution in [2.24, 2.45) is 5.92 Å². The lowest BCUT2D eigenvalue weighted by atomic mass is 9.97. The molecule has 7 heteroatoms. The average molecular weight is 342 g/mol. The highest BCUT2D eigenvalue weighted by Gasteiger charge is 2.22. The fourth-order valence-corrected chi connectivity index (χ4v) is 2.98. The zero-order valence-electron chi connectivity index (χ0n) is 13.4. The maximum absolute atomic E-state index is 12.3. The third kappa shape index (κ3) is 5.80. The van der Waals surface area contributed by atoms with Crippen LogP contribution in [0.25, 0.3) is 0 Å². The van der Waals surface area contributed by atoms with Gasteiger partial charge in [0.05, 0.1) is 4.92 Å². The van der Waals surface area contributed by atoms with Gasteiger partial charge in [-0.3, -0.25) is 14.9 Å².